The number of carbonyl (C=O) groups is 1. The van der Waals surface area contributed by atoms with E-state index in [9.17, 15) is 4.79 Å². The van der Waals surface area contributed by atoms with Crippen molar-refractivity contribution in [3.63, 3.8) is 0 Å². The van der Waals surface area contributed by atoms with Crippen molar-refractivity contribution in [1.29, 1.82) is 0 Å². The maximum Gasteiger partial charge on any atom is 0.341 e. The second-order valence-corrected chi connectivity index (χ2v) is 3.08. The highest BCUT2D eigenvalue weighted by molar-refractivity contribution is 5.89. The molecule has 2 rings (SSSR count). The number of hydrogen-bond acceptors (Lipinski definition) is 4. The summed E-state index contributed by atoms with van der Waals surface area (Å²) in [5, 5.41) is 9.26. The van der Waals surface area contributed by atoms with Crippen LogP contribution in [0.2, 0.25) is 0 Å². The lowest BCUT2D eigenvalue weighted by Crippen LogP contribution is -2.08. The van der Waals surface area contributed by atoms with Gasteiger partial charge in [0.25, 0.3) is 0 Å². The Labute approximate surface area is 90.8 Å². The van der Waals surface area contributed by atoms with Crippen LogP contribution in [0.1, 0.15) is 0 Å². The normalized spacial score (nSPS) is 10.3. The number of nitrogens with zero attached hydrogens (tertiary/aromatic N) is 1. The highest BCUT2D eigenvalue weighted by Crippen LogP contribution is 2.29. The third-order valence-corrected chi connectivity index (χ3v) is 2.07. The van der Waals surface area contributed by atoms with Crippen LogP contribution in [0.5, 0.6) is 11.6 Å². The maximum absolute atomic E-state index is 10.4. The van der Waals surface area contributed by atoms with Gasteiger partial charge in [-0.3, -0.25) is 0 Å². The van der Waals surface area contributed by atoms with Gasteiger partial charge in [-0.2, -0.15) is 0 Å². The Balaban J connectivity index is 2.37. The van der Waals surface area contributed by atoms with Crippen LogP contribution in [0, 0.1) is 0 Å². The fourth-order valence-corrected chi connectivity index (χ4v) is 1.42. The third-order valence-electron chi connectivity index (χ3n) is 2.07. The van der Waals surface area contributed by atoms with E-state index < -0.39 is 5.97 Å². The van der Waals surface area contributed by atoms with E-state index >= 15 is 0 Å². The Bertz CT molecular complexity index is 521. The van der Waals surface area contributed by atoms with Crippen LogP contribution in [0.15, 0.2) is 18.5 Å². The van der Waals surface area contributed by atoms with Gasteiger partial charge in [-0.15, -0.1) is 0 Å². The summed E-state index contributed by atoms with van der Waals surface area (Å²) in [5.41, 5.74) is 0.686. The van der Waals surface area contributed by atoms with Gasteiger partial charge in [-0.1, -0.05) is 0 Å². The summed E-state index contributed by atoms with van der Waals surface area (Å²) in [6, 6.07) is 1.73. The number of rotatable bonds is 4. The number of aromatic nitrogens is 2. The topological polar surface area (TPSA) is 84.4 Å². The summed E-state index contributed by atoms with van der Waals surface area (Å²) in [7, 11) is 1.51. The molecule has 0 atom stereocenters. The lowest BCUT2D eigenvalue weighted by Gasteiger charge is -2.01. The molecule has 0 aliphatic heterocycles. The lowest BCUT2D eigenvalue weighted by molar-refractivity contribution is -0.139. The number of nitrogens with one attached hydrogen (secondary N) is 1. The first kappa shape index (κ1) is 10.3. The minimum Gasteiger partial charge on any atom is -0.480 e. The average molecular weight is 222 g/mol. The van der Waals surface area contributed by atoms with E-state index in [1.54, 1.807) is 18.5 Å². The number of fused-ring (bicyclic) bond motifs is 1. The Morgan fingerprint density at radius 2 is 2.44 bits per heavy atom. The third kappa shape index (κ3) is 1.77. The van der Waals surface area contributed by atoms with Gasteiger partial charge in [0.2, 0.25) is 5.88 Å². The molecule has 2 N–H and O–H groups in total. The minimum absolute atomic E-state index is 0.377. The SMILES string of the molecule is COc1nccc2c(OCC(=O)O)c[nH]c12. The second-order valence-electron chi connectivity index (χ2n) is 3.08. The Morgan fingerprint density at radius 1 is 1.62 bits per heavy atom. The van der Waals surface area contributed by atoms with Gasteiger partial charge >= 0.3 is 5.97 Å². The van der Waals surface area contributed by atoms with Crippen LogP contribution >= 0.6 is 0 Å². The van der Waals surface area contributed by atoms with Gasteiger partial charge in [0, 0.05) is 17.8 Å². The van der Waals surface area contributed by atoms with Gasteiger partial charge in [0.1, 0.15) is 11.3 Å². The van der Waals surface area contributed by atoms with Crippen molar-refractivity contribution < 1.29 is 19.4 Å². The highest BCUT2D eigenvalue weighted by Gasteiger charge is 2.10. The maximum atomic E-state index is 10.4. The number of ether oxygens (including phenoxy) is 2. The molecule has 0 aromatic carbocycles. The first-order chi connectivity index (χ1) is 7.72. The molecule has 6 nitrogen and oxygen atoms in total. The molecule has 0 saturated heterocycles. The van der Waals surface area contributed by atoms with Crippen molar-refractivity contribution in [2.24, 2.45) is 0 Å². The summed E-state index contributed by atoms with van der Waals surface area (Å²) in [6.45, 7) is -0.377. The summed E-state index contributed by atoms with van der Waals surface area (Å²) in [6.07, 6.45) is 3.15. The van der Waals surface area contributed by atoms with Crippen LogP contribution in [0.3, 0.4) is 0 Å². The van der Waals surface area contributed by atoms with Crippen LogP contribution in [-0.2, 0) is 4.79 Å². The predicted molar refractivity (Wildman–Crippen MR) is 55.8 cm³/mol. The summed E-state index contributed by atoms with van der Waals surface area (Å²) < 4.78 is 10.2. The number of H-pyrrole nitrogens is 1. The molecule has 2 aromatic rings. The largest absolute Gasteiger partial charge is 0.480 e. The number of carboxylic acids is 1. The van der Waals surface area contributed by atoms with Crippen LogP contribution < -0.4 is 9.47 Å². The average Bonchev–Trinajstić information content (AvgIpc) is 2.69. The van der Waals surface area contributed by atoms with E-state index in [2.05, 4.69) is 9.97 Å². The molecule has 6 heteroatoms. The lowest BCUT2D eigenvalue weighted by atomic mass is 10.3. The molecule has 16 heavy (non-hydrogen) atoms. The molecule has 84 valence electrons. The smallest absolute Gasteiger partial charge is 0.341 e. The fraction of sp³-hybridized carbons (Fsp3) is 0.200. The second kappa shape index (κ2) is 4.09. The molecule has 0 amide bonds. The highest BCUT2D eigenvalue weighted by atomic mass is 16.5. The molecule has 0 aliphatic carbocycles. The molecule has 0 unspecified atom stereocenters. The number of pyridine rings is 1. The number of aliphatic carboxylic acids is 1. The zero-order valence-electron chi connectivity index (χ0n) is 8.56. The standard InChI is InChI=1S/C10H10N2O4/c1-15-10-9-6(2-3-11-10)7(4-12-9)16-5-8(13)14/h2-4,12H,5H2,1H3,(H,13,14). The quantitative estimate of drug-likeness (QED) is 0.807. The zero-order chi connectivity index (χ0) is 11.5. The molecule has 2 heterocycles. The van der Waals surface area contributed by atoms with E-state index in [-0.39, 0.29) is 6.61 Å². The van der Waals surface area contributed by atoms with E-state index in [0.29, 0.717) is 17.1 Å². The van der Waals surface area contributed by atoms with Crippen molar-refractivity contribution in [2.45, 2.75) is 0 Å². The number of carboxylic acid groups (broad SMARTS) is 1. The number of aromatic amines is 1. The molecule has 0 spiro atoms. The van der Waals surface area contributed by atoms with Crippen LogP contribution in [-0.4, -0.2) is 34.8 Å². The van der Waals surface area contributed by atoms with Gasteiger partial charge in [0.15, 0.2) is 6.61 Å². The van der Waals surface area contributed by atoms with Crippen molar-refractivity contribution in [3.05, 3.63) is 18.5 Å². The van der Waals surface area contributed by atoms with Crippen molar-refractivity contribution in [1.82, 2.24) is 9.97 Å². The predicted octanol–water partition coefficient (Wildman–Crippen LogP) is 1.03. The van der Waals surface area contributed by atoms with Crippen LogP contribution in [0.4, 0.5) is 0 Å². The molecular weight excluding hydrogens is 212 g/mol. The number of methoxy groups -OCH3 is 1. The van der Waals surface area contributed by atoms with E-state index in [1.165, 1.54) is 7.11 Å². The minimum atomic E-state index is -1.02. The molecule has 0 bridgehead atoms. The van der Waals surface area contributed by atoms with Crippen molar-refractivity contribution in [2.75, 3.05) is 13.7 Å². The zero-order valence-corrected chi connectivity index (χ0v) is 8.56. The molecule has 2 aromatic heterocycles. The Morgan fingerprint density at radius 3 is 3.12 bits per heavy atom. The molecule has 0 fully saturated rings. The molecular formula is C10H10N2O4. The van der Waals surface area contributed by atoms with Crippen LogP contribution in [0.25, 0.3) is 10.9 Å². The van der Waals surface area contributed by atoms with E-state index in [4.69, 9.17) is 14.6 Å². The summed E-state index contributed by atoms with van der Waals surface area (Å²) in [5.74, 6) is -0.101. The monoisotopic (exact) mass is 222 g/mol. The van der Waals surface area contributed by atoms with Crippen molar-refractivity contribution in [3.8, 4) is 11.6 Å². The molecule has 0 saturated carbocycles. The van der Waals surface area contributed by atoms with Gasteiger partial charge < -0.3 is 19.6 Å². The first-order valence-electron chi connectivity index (χ1n) is 4.57. The summed E-state index contributed by atoms with van der Waals surface area (Å²) >= 11 is 0. The van der Waals surface area contributed by atoms with Gasteiger partial charge in [-0.25, -0.2) is 9.78 Å². The Kier molecular flexibility index (Phi) is 2.63. The van der Waals surface area contributed by atoms with E-state index in [0.717, 1.165) is 5.39 Å². The molecule has 0 radical (unpaired) electrons. The fourth-order valence-electron chi connectivity index (χ4n) is 1.42. The van der Waals surface area contributed by atoms with Gasteiger partial charge in [-0.05, 0) is 6.07 Å². The molecule has 0 aliphatic rings. The van der Waals surface area contributed by atoms with E-state index in [1.807, 2.05) is 0 Å². The Hall–Kier alpha value is -2.24. The first-order valence-corrected chi connectivity index (χ1v) is 4.57. The van der Waals surface area contributed by atoms with Gasteiger partial charge in [0.05, 0.1) is 7.11 Å². The number of hydrogen-bond donors (Lipinski definition) is 2. The summed E-state index contributed by atoms with van der Waals surface area (Å²) in [4.78, 5) is 17.3. The van der Waals surface area contributed by atoms with Crippen molar-refractivity contribution >= 4 is 16.9 Å².